The molecule has 1 aromatic rings. The zero-order valence-corrected chi connectivity index (χ0v) is 11.3. The van der Waals surface area contributed by atoms with Crippen LogP contribution in [0, 0.1) is 10.1 Å². The molecule has 0 saturated carbocycles. The molecule has 0 unspecified atom stereocenters. The number of amides is 1. The quantitative estimate of drug-likeness (QED) is 0.470. The number of nitrogens with zero attached hydrogens (tertiary/aromatic N) is 1. The summed E-state index contributed by atoms with van der Waals surface area (Å²) in [5, 5.41) is 21.6. The predicted molar refractivity (Wildman–Crippen MR) is 70.0 cm³/mol. The van der Waals surface area contributed by atoms with E-state index in [-0.39, 0.29) is 24.2 Å². The lowest BCUT2D eigenvalue weighted by molar-refractivity contribution is -0.385. The molecular formula is C11H11BrN2O5. The van der Waals surface area contributed by atoms with Gasteiger partial charge in [0.25, 0.3) is 11.6 Å². The lowest BCUT2D eigenvalue weighted by Gasteiger charge is -2.04. The van der Waals surface area contributed by atoms with Gasteiger partial charge in [-0.25, -0.2) is 0 Å². The van der Waals surface area contributed by atoms with Crippen LogP contribution in [0.25, 0.3) is 0 Å². The molecule has 0 heterocycles. The highest BCUT2D eigenvalue weighted by atomic mass is 79.9. The molecule has 1 amide bonds. The Morgan fingerprint density at radius 3 is 2.63 bits per heavy atom. The number of halogens is 1. The highest BCUT2D eigenvalue weighted by Gasteiger charge is 2.13. The largest absolute Gasteiger partial charge is 0.481 e. The van der Waals surface area contributed by atoms with Gasteiger partial charge in [-0.3, -0.25) is 19.7 Å². The Hall–Kier alpha value is -1.96. The second kappa shape index (κ2) is 6.83. The number of rotatable bonds is 6. The Bertz CT molecular complexity index is 518. The summed E-state index contributed by atoms with van der Waals surface area (Å²) in [6, 6.07) is 3.91. The highest BCUT2D eigenvalue weighted by molar-refractivity contribution is 9.10. The van der Waals surface area contributed by atoms with E-state index < -0.39 is 16.8 Å². The van der Waals surface area contributed by atoms with Crippen LogP contribution in [0.1, 0.15) is 23.2 Å². The van der Waals surface area contributed by atoms with E-state index in [1.165, 1.54) is 12.1 Å². The topological polar surface area (TPSA) is 110 Å². The molecule has 0 saturated heterocycles. The summed E-state index contributed by atoms with van der Waals surface area (Å²) in [5.74, 6) is -1.41. The van der Waals surface area contributed by atoms with Gasteiger partial charge in [0.1, 0.15) is 0 Å². The number of carboxylic acid groups (broad SMARTS) is 1. The number of hydrogen-bond acceptors (Lipinski definition) is 4. The number of nitro benzene ring substituents is 1. The normalized spacial score (nSPS) is 9.95. The molecule has 2 N–H and O–H groups in total. The molecule has 0 spiro atoms. The Kier molecular flexibility index (Phi) is 5.43. The second-order valence-corrected chi connectivity index (χ2v) is 4.62. The van der Waals surface area contributed by atoms with Crippen molar-refractivity contribution in [1.29, 1.82) is 0 Å². The third kappa shape index (κ3) is 5.04. The molecule has 0 fully saturated rings. The summed E-state index contributed by atoms with van der Waals surface area (Å²) in [5.41, 5.74) is -0.0403. The molecule has 0 aromatic heterocycles. The molecule has 0 aliphatic rings. The van der Waals surface area contributed by atoms with Gasteiger partial charge in [-0.1, -0.05) is 15.9 Å². The molecule has 19 heavy (non-hydrogen) atoms. The zero-order valence-electron chi connectivity index (χ0n) is 9.76. The van der Waals surface area contributed by atoms with Gasteiger partial charge in [-0.05, 0) is 12.5 Å². The lowest BCUT2D eigenvalue weighted by atomic mass is 10.2. The van der Waals surface area contributed by atoms with Crippen molar-refractivity contribution in [3.63, 3.8) is 0 Å². The number of aliphatic carboxylic acids is 1. The number of carbonyl (C=O) groups is 2. The highest BCUT2D eigenvalue weighted by Crippen LogP contribution is 2.21. The van der Waals surface area contributed by atoms with E-state index in [0.29, 0.717) is 10.9 Å². The van der Waals surface area contributed by atoms with Crippen LogP contribution in [-0.4, -0.2) is 28.5 Å². The minimum absolute atomic E-state index is 0.0427. The maximum atomic E-state index is 11.7. The first-order chi connectivity index (χ1) is 8.90. The van der Waals surface area contributed by atoms with Gasteiger partial charge in [-0.15, -0.1) is 0 Å². The van der Waals surface area contributed by atoms with Crippen molar-refractivity contribution >= 4 is 33.5 Å². The Labute approximate surface area is 116 Å². The molecule has 0 atom stereocenters. The summed E-state index contributed by atoms with van der Waals surface area (Å²) in [6.45, 7) is 0.200. The number of nitrogens with one attached hydrogen (secondary N) is 1. The van der Waals surface area contributed by atoms with Crippen molar-refractivity contribution in [1.82, 2.24) is 5.32 Å². The van der Waals surface area contributed by atoms with Gasteiger partial charge in [0.05, 0.1) is 4.92 Å². The van der Waals surface area contributed by atoms with E-state index in [0.717, 1.165) is 6.07 Å². The van der Waals surface area contributed by atoms with Crippen LogP contribution in [-0.2, 0) is 4.79 Å². The number of carboxylic acids is 1. The molecule has 0 aliphatic carbocycles. The van der Waals surface area contributed by atoms with Gasteiger partial charge in [-0.2, -0.15) is 0 Å². The van der Waals surface area contributed by atoms with E-state index in [1.54, 1.807) is 0 Å². The minimum atomic E-state index is -0.938. The van der Waals surface area contributed by atoms with Gasteiger partial charge >= 0.3 is 5.97 Å². The van der Waals surface area contributed by atoms with Crippen LogP contribution in [0.2, 0.25) is 0 Å². The summed E-state index contributed by atoms with van der Waals surface area (Å²) < 4.78 is 0.428. The van der Waals surface area contributed by atoms with Crippen molar-refractivity contribution < 1.29 is 19.6 Å². The molecule has 0 radical (unpaired) electrons. The van der Waals surface area contributed by atoms with Gasteiger partial charge in [0.15, 0.2) is 0 Å². The molecule has 0 aliphatic heterocycles. The van der Waals surface area contributed by atoms with Crippen molar-refractivity contribution in [2.24, 2.45) is 0 Å². The smallest absolute Gasteiger partial charge is 0.303 e. The van der Waals surface area contributed by atoms with Crippen molar-refractivity contribution in [3.8, 4) is 0 Å². The lowest BCUT2D eigenvalue weighted by Crippen LogP contribution is -2.25. The molecule has 102 valence electrons. The molecular weight excluding hydrogens is 320 g/mol. The van der Waals surface area contributed by atoms with Crippen LogP contribution < -0.4 is 5.32 Å². The summed E-state index contributed by atoms with van der Waals surface area (Å²) >= 11 is 3.09. The Morgan fingerprint density at radius 2 is 2.05 bits per heavy atom. The fourth-order valence-electron chi connectivity index (χ4n) is 1.35. The number of nitro groups is 1. The Morgan fingerprint density at radius 1 is 1.37 bits per heavy atom. The van der Waals surface area contributed by atoms with Crippen molar-refractivity contribution in [2.75, 3.05) is 6.54 Å². The third-order valence-electron chi connectivity index (χ3n) is 2.21. The number of carbonyl (C=O) groups excluding carboxylic acids is 1. The van der Waals surface area contributed by atoms with E-state index in [1.807, 2.05) is 0 Å². The summed E-state index contributed by atoms with van der Waals surface area (Å²) in [6.07, 6.45) is 0.260. The van der Waals surface area contributed by atoms with Gasteiger partial charge in [0, 0.05) is 35.1 Å². The van der Waals surface area contributed by atoms with Gasteiger partial charge in [0.2, 0.25) is 0 Å². The van der Waals surface area contributed by atoms with E-state index in [2.05, 4.69) is 21.2 Å². The Balaban J connectivity index is 2.66. The van der Waals surface area contributed by atoms with Crippen LogP contribution in [0.15, 0.2) is 22.7 Å². The standard InChI is InChI=1S/C11H11BrN2O5/c12-8-4-7(5-9(6-8)14(18)19)11(17)13-3-1-2-10(15)16/h4-6H,1-3H2,(H,13,17)(H,15,16). The fraction of sp³-hybridized carbons (Fsp3) is 0.273. The first-order valence-corrected chi connectivity index (χ1v) is 6.14. The third-order valence-corrected chi connectivity index (χ3v) is 2.67. The van der Waals surface area contributed by atoms with Crippen LogP contribution in [0.5, 0.6) is 0 Å². The summed E-state index contributed by atoms with van der Waals surface area (Å²) in [7, 11) is 0. The van der Waals surface area contributed by atoms with Gasteiger partial charge < -0.3 is 10.4 Å². The second-order valence-electron chi connectivity index (χ2n) is 3.71. The maximum Gasteiger partial charge on any atom is 0.303 e. The molecule has 1 aromatic carbocycles. The van der Waals surface area contributed by atoms with Crippen LogP contribution in [0.3, 0.4) is 0 Å². The monoisotopic (exact) mass is 330 g/mol. The minimum Gasteiger partial charge on any atom is -0.481 e. The SMILES string of the molecule is O=C(O)CCCNC(=O)c1cc(Br)cc([N+](=O)[O-])c1. The molecule has 0 bridgehead atoms. The fourth-order valence-corrected chi connectivity index (χ4v) is 1.84. The maximum absolute atomic E-state index is 11.7. The van der Waals surface area contributed by atoms with Crippen molar-refractivity contribution in [3.05, 3.63) is 38.3 Å². The van der Waals surface area contributed by atoms with E-state index in [4.69, 9.17) is 5.11 Å². The van der Waals surface area contributed by atoms with Crippen LogP contribution in [0.4, 0.5) is 5.69 Å². The van der Waals surface area contributed by atoms with E-state index >= 15 is 0 Å². The molecule has 1 rings (SSSR count). The number of non-ortho nitro benzene ring substituents is 1. The van der Waals surface area contributed by atoms with Crippen molar-refractivity contribution in [2.45, 2.75) is 12.8 Å². The number of hydrogen-bond donors (Lipinski definition) is 2. The average molecular weight is 331 g/mol. The van der Waals surface area contributed by atoms with E-state index in [9.17, 15) is 19.7 Å². The molecule has 8 heteroatoms. The first kappa shape index (κ1) is 15.1. The van der Waals surface area contributed by atoms with Crippen LogP contribution >= 0.6 is 15.9 Å². The number of benzene rings is 1. The predicted octanol–water partition coefficient (Wildman–Crippen LogP) is 1.95. The zero-order chi connectivity index (χ0) is 14.4. The summed E-state index contributed by atoms with van der Waals surface area (Å²) in [4.78, 5) is 32.1. The first-order valence-electron chi connectivity index (χ1n) is 5.35. The average Bonchev–Trinajstić information content (AvgIpc) is 2.33. The molecule has 7 nitrogen and oxygen atoms in total.